The lowest BCUT2D eigenvalue weighted by Crippen LogP contribution is -2.33. The topological polar surface area (TPSA) is 82.7 Å². The van der Waals surface area contributed by atoms with Crippen LogP contribution in [0.25, 0.3) is 0 Å². The largest absolute Gasteiger partial charge is 0.356 e. The van der Waals surface area contributed by atoms with Crippen molar-refractivity contribution in [1.29, 1.82) is 0 Å². The molecule has 2 heterocycles. The summed E-state index contributed by atoms with van der Waals surface area (Å²) in [6.45, 7) is 2.70. The van der Waals surface area contributed by atoms with E-state index in [4.69, 9.17) is 0 Å². The maximum absolute atomic E-state index is 11.7. The van der Waals surface area contributed by atoms with Crippen LogP contribution in [0.4, 0.5) is 0 Å². The minimum atomic E-state index is 0.149. The van der Waals surface area contributed by atoms with Crippen LogP contribution in [0.1, 0.15) is 25.1 Å². The number of H-pyrrole nitrogens is 1. The van der Waals surface area contributed by atoms with E-state index in [1.165, 1.54) is 6.33 Å². The van der Waals surface area contributed by atoms with Gasteiger partial charge in [0, 0.05) is 19.4 Å². The van der Waals surface area contributed by atoms with E-state index in [9.17, 15) is 4.79 Å². The fraction of sp³-hybridized carbons (Fsp3) is 0.727. The van der Waals surface area contributed by atoms with Gasteiger partial charge < -0.3 is 10.6 Å². The molecular formula is C11H19N5O. The Morgan fingerprint density at radius 1 is 1.47 bits per heavy atom. The minimum Gasteiger partial charge on any atom is -0.356 e. The van der Waals surface area contributed by atoms with E-state index in [2.05, 4.69) is 25.8 Å². The maximum atomic E-state index is 11.7. The van der Waals surface area contributed by atoms with Crippen LogP contribution in [0.2, 0.25) is 0 Å². The maximum Gasteiger partial charge on any atom is 0.220 e. The molecular weight excluding hydrogens is 218 g/mol. The Labute approximate surface area is 101 Å². The van der Waals surface area contributed by atoms with Crippen LogP contribution in [0, 0.1) is 5.92 Å². The fourth-order valence-electron chi connectivity index (χ4n) is 2.09. The zero-order valence-corrected chi connectivity index (χ0v) is 9.91. The second-order valence-corrected chi connectivity index (χ2v) is 4.43. The molecule has 6 heteroatoms. The number of aromatic amines is 1. The summed E-state index contributed by atoms with van der Waals surface area (Å²) in [5, 5.41) is 12.7. The van der Waals surface area contributed by atoms with E-state index < -0.39 is 0 Å². The van der Waals surface area contributed by atoms with Crippen molar-refractivity contribution in [2.45, 2.75) is 25.7 Å². The summed E-state index contributed by atoms with van der Waals surface area (Å²) in [6, 6.07) is 0. The molecule has 2 rings (SSSR count). The first kappa shape index (κ1) is 12.0. The summed E-state index contributed by atoms with van der Waals surface area (Å²) in [4.78, 5) is 15.7. The minimum absolute atomic E-state index is 0.149. The molecule has 0 saturated carbocycles. The first-order valence-corrected chi connectivity index (χ1v) is 6.16. The number of amides is 1. The van der Waals surface area contributed by atoms with Crippen molar-refractivity contribution >= 4 is 5.91 Å². The summed E-state index contributed by atoms with van der Waals surface area (Å²) in [7, 11) is 0. The highest BCUT2D eigenvalue weighted by Gasteiger charge is 2.16. The van der Waals surface area contributed by atoms with Crippen LogP contribution < -0.4 is 10.6 Å². The number of nitrogens with zero attached hydrogens (tertiary/aromatic N) is 2. The van der Waals surface area contributed by atoms with Crippen LogP contribution in [0.5, 0.6) is 0 Å². The molecule has 0 aliphatic carbocycles. The van der Waals surface area contributed by atoms with Gasteiger partial charge in [-0.1, -0.05) is 0 Å². The van der Waals surface area contributed by atoms with Gasteiger partial charge in [-0.2, -0.15) is 5.10 Å². The van der Waals surface area contributed by atoms with Crippen LogP contribution in [-0.2, 0) is 11.2 Å². The first-order valence-electron chi connectivity index (χ1n) is 6.16. The number of piperidine rings is 1. The van der Waals surface area contributed by atoms with Crippen molar-refractivity contribution in [1.82, 2.24) is 25.8 Å². The predicted octanol–water partition coefficient (Wildman–Crippen LogP) is -0.147. The van der Waals surface area contributed by atoms with Crippen molar-refractivity contribution in [2.75, 3.05) is 19.6 Å². The highest BCUT2D eigenvalue weighted by atomic mass is 16.1. The summed E-state index contributed by atoms with van der Waals surface area (Å²) < 4.78 is 0. The Morgan fingerprint density at radius 3 is 3.00 bits per heavy atom. The molecule has 1 aliphatic heterocycles. The van der Waals surface area contributed by atoms with Gasteiger partial charge in [0.2, 0.25) is 5.91 Å². The van der Waals surface area contributed by atoms with Crippen molar-refractivity contribution in [3.05, 3.63) is 12.2 Å². The molecule has 94 valence electrons. The summed E-state index contributed by atoms with van der Waals surface area (Å²) >= 11 is 0. The van der Waals surface area contributed by atoms with Gasteiger partial charge >= 0.3 is 0 Å². The van der Waals surface area contributed by atoms with Crippen LogP contribution in [-0.4, -0.2) is 40.7 Å². The Balaban J connectivity index is 1.60. The third-order valence-electron chi connectivity index (χ3n) is 3.08. The normalized spacial score (nSPS) is 16.9. The van der Waals surface area contributed by atoms with Crippen molar-refractivity contribution in [3.8, 4) is 0 Å². The van der Waals surface area contributed by atoms with Crippen LogP contribution in [0.15, 0.2) is 6.33 Å². The van der Waals surface area contributed by atoms with Gasteiger partial charge in [0.1, 0.15) is 12.2 Å². The molecule has 1 aromatic heterocycles. The van der Waals surface area contributed by atoms with E-state index >= 15 is 0 Å². The Bertz CT molecular complexity index is 332. The zero-order valence-electron chi connectivity index (χ0n) is 9.91. The molecule has 0 spiro atoms. The highest BCUT2D eigenvalue weighted by Crippen LogP contribution is 2.15. The molecule has 6 nitrogen and oxygen atoms in total. The van der Waals surface area contributed by atoms with Gasteiger partial charge in [-0.05, 0) is 31.8 Å². The average Bonchev–Trinajstić information content (AvgIpc) is 2.83. The lowest BCUT2D eigenvalue weighted by molar-refractivity contribution is -0.122. The number of hydrogen-bond donors (Lipinski definition) is 3. The summed E-state index contributed by atoms with van der Waals surface area (Å²) in [6.07, 6.45) is 5.05. The van der Waals surface area contributed by atoms with Gasteiger partial charge in [-0.3, -0.25) is 9.89 Å². The lowest BCUT2D eigenvalue weighted by Gasteiger charge is -2.21. The second-order valence-electron chi connectivity index (χ2n) is 4.43. The van der Waals surface area contributed by atoms with E-state index in [0.29, 0.717) is 25.3 Å². The fourth-order valence-corrected chi connectivity index (χ4v) is 2.09. The second kappa shape index (κ2) is 6.34. The molecule has 0 bridgehead atoms. The van der Waals surface area contributed by atoms with Crippen molar-refractivity contribution in [2.24, 2.45) is 5.92 Å². The number of nitrogens with one attached hydrogen (secondary N) is 3. The number of carbonyl (C=O) groups is 1. The van der Waals surface area contributed by atoms with Crippen LogP contribution in [0.3, 0.4) is 0 Å². The number of carbonyl (C=O) groups excluding carboxylic acids is 1. The molecule has 1 fully saturated rings. The molecule has 0 atom stereocenters. The molecule has 3 N–H and O–H groups in total. The van der Waals surface area contributed by atoms with Gasteiger partial charge in [-0.15, -0.1) is 0 Å². The number of hydrogen-bond acceptors (Lipinski definition) is 4. The molecule has 1 aromatic rings. The Hall–Kier alpha value is -1.43. The Kier molecular flexibility index (Phi) is 4.49. The third-order valence-corrected chi connectivity index (χ3v) is 3.08. The quantitative estimate of drug-likeness (QED) is 0.665. The van der Waals surface area contributed by atoms with Crippen molar-refractivity contribution in [3.63, 3.8) is 0 Å². The molecule has 1 aliphatic rings. The van der Waals surface area contributed by atoms with E-state index in [0.717, 1.165) is 31.8 Å². The predicted molar refractivity (Wildman–Crippen MR) is 63.3 cm³/mol. The lowest BCUT2D eigenvalue weighted by atomic mass is 9.94. The smallest absolute Gasteiger partial charge is 0.220 e. The molecule has 17 heavy (non-hydrogen) atoms. The summed E-state index contributed by atoms with van der Waals surface area (Å²) in [5.41, 5.74) is 0. The SMILES string of the molecule is O=C(CC1CCNCC1)NCCc1ncn[nH]1. The van der Waals surface area contributed by atoms with E-state index in [1.54, 1.807) is 0 Å². The third kappa shape index (κ3) is 4.14. The summed E-state index contributed by atoms with van der Waals surface area (Å²) in [5.74, 6) is 1.50. The zero-order chi connectivity index (χ0) is 11.9. The molecule has 1 saturated heterocycles. The van der Waals surface area contributed by atoms with Gasteiger partial charge in [-0.25, -0.2) is 4.98 Å². The van der Waals surface area contributed by atoms with Crippen molar-refractivity contribution < 1.29 is 4.79 Å². The van der Waals surface area contributed by atoms with Gasteiger partial charge in [0.05, 0.1) is 0 Å². The molecule has 0 radical (unpaired) electrons. The standard InChI is InChI=1S/C11H19N5O/c17-11(7-9-1-4-12-5-2-9)13-6-3-10-14-8-15-16-10/h8-9,12H,1-7H2,(H,13,17)(H,14,15,16). The van der Waals surface area contributed by atoms with Gasteiger partial charge in [0.25, 0.3) is 0 Å². The van der Waals surface area contributed by atoms with E-state index in [-0.39, 0.29) is 5.91 Å². The average molecular weight is 237 g/mol. The highest BCUT2D eigenvalue weighted by molar-refractivity contribution is 5.76. The van der Waals surface area contributed by atoms with E-state index in [1.807, 2.05) is 0 Å². The number of aromatic nitrogens is 3. The first-order chi connectivity index (χ1) is 8.34. The Morgan fingerprint density at radius 2 is 2.29 bits per heavy atom. The molecule has 0 unspecified atom stereocenters. The van der Waals surface area contributed by atoms with Crippen LogP contribution >= 0.6 is 0 Å². The monoisotopic (exact) mass is 237 g/mol. The number of rotatable bonds is 5. The molecule has 1 amide bonds. The van der Waals surface area contributed by atoms with Gasteiger partial charge in [0.15, 0.2) is 0 Å². The molecule has 0 aromatic carbocycles.